The summed E-state index contributed by atoms with van der Waals surface area (Å²) in [6.07, 6.45) is 0. The summed E-state index contributed by atoms with van der Waals surface area (Å²) in [5.41, 5.74) is 3.36. The fourth-order valence-corrected chi connectivity index (χ4v) is 2.31. The van der Waals surface area contributed by atoms with E-state index in [-0.39, 0.29) is 5.69 Å². The Bertz CT molecular complexity index is 750. The van der Waals surface area contributed by atoms with Crippen molar-refractivity contribution in [1.82, 2.24) is 9.55 Å². The molecule has 0 radical (unpaired) electrons. The molecule has 3 rings (SSSR count). The van der Waals surface area contributed by atoms with Crippen molar-refractivity contribution in [3.05, 3.63) is 35.5 Å². The highest BCUT2D eigenvalue weighted by Crippen LogP contribution is 2.29. The lowest BCUT2D eigenvalue weighted by Crippen LogP contribution is -1.96. The lowest BCUT2D eigenvalue weighted by molar-refractivity contribution is 0.0691. The highest BCUT2D eigenvalue weighted by atomic mass is 16.4. The van der Waals surface area contributed by atoms with E-state index < -0.39 is 5.97 Å². The Morgan fingerprint density at radius 3 is 2.76 bits per heavy atom. The SMILES string of the molecule is Cc1ccc2c(c1)c1cc(C(=O)O)[nH]c1n2C. The second kappa shape index (κ2) is 3.13. The minimum Gasteiger partial charge on any atom is -0.477 e. The fourth-order valence-electron chi connectivity index (χ4n) is 2.31. The molecular weight excluding hydrogens is 216 g/mol. The number of aromatic amines is 1. The number of aryl methyl sites for hydroxylation is 2. The van der Waals surface area contributed by atoms with Gasteiger partial charge in [-0.15, -0.1) is 0 Å². The molecule has 0 aliphatic heterocycles. The summed E-state index contributed by atoms with van der Waals surface area (Å²) in [7, 11) is 1.93. The highest BCUT2D eigenvalue weighted by Gasteiger charge is 2.14. The lowest BCUT2D eigenvalue weighted by atomic mass is 10.1. The first-order chi connectivity index (χ1) is 8.08. The van der Waals surface area contributed by atoms with Crippen LogP contribution in [0.25, 0.3) is 21.9 Å². The Balaban J connectivity index is 2.48. The van der Waals surface area contributed by atoms with Crippen molar-refractivity contribution in [2.75, 3.05) is 0 Å². The molecule has 4 heteroatoms. The van der Waals surface area contributed by atoms with Crippen LogP contribution in [0.3, 0.4) is 0 Å². The number of aromatic nitrogens is 2. The van der Waals surface area contributed by atoms with Gasteiger partial charge in [-0.3, -0.25) is 0 Å². The van der Waals surface area contributed by atoms with Crippen molar-refractivity contribution in [2.45, 2.75) is 6.92 Å². The predicted octanol–water partition coefficient (Wildman–Crippen LogP) is 2.67. The summed E-state index contributed by atoms with van der Waals surface area (Å²) in [4.78, 5) is 13.9. The van der Waals surface area contributed by atoms with E-state index in [9.17, 15) is 4.79 Å². The second-order valence-electron chi connectivity index (χ2n) is 4.33. The van der Waals surface area contributed by atoms with Crippen LogP contribution in [0.5, 0.6) is 0 Å². The van der Waals surface area contributed by atoms with Gasteiger partial charge in [0.25, 0.3) is 0 Å². The van der Waals surface area contributed by atoms with Gasteiger partial charge >= 0.3 is 5.97 Å². The number of H-pyrrole nitrogens is 1. The molecule has 0 bridgehead atoms. The molecule has 0 atom stereocenters. The van der Waals surface area contributed by atoms with E-state index in [1.54, 1.807) is 6.07 Å². The Kier molecular flexibility index (Phi) is 1.84. The van der Waals surface area contributed by atoms with Crippen LogP contribution in [0, 0.1) is 6.92 Å². The van der Waals surface area contributed by atoms with Crippen LogP contribution in [-0.4, -0.2) is 20.6 Å². The smallest absolute Gasteiger partial charge is 0.352 e. The molecule has 0 aliphatic rings. The first-order valence-electron chi connectivity index (χ1n) is 5.39. The zero-order valence-corrected chi connectivity index (χ0v) is 9.61. The Hall–Kier alpha value is -2.23. The normalized spacial score (nSPS) is 11.4. The average Bonchev–Trinajstić information content (AvgIpc) is 2.80. The van der Waals surface area contributed by atoms with E-state index in [1.165, 1.54) is 5.56 Å². The molecule has 2 heterocycles. The molecule has 0 unspecified atom stereocenters. The van der Waals surface area contributed by atoms with Crippen molar-refractivity contribution in [3.8, 4) is 0 Å². The number of hydrogen-bond donors (Lipinski definition) is 2. The maximum Gasteiger partial charge on any atom is 0.352 e. The Labute approximate surface area is 97.5 Å². The predicted molar refractivity (Wildman–Crippen MR) is 66.5 cm³/mol. The van der Waals surface area contributed by atoms with E-state index in [4.69, 9.17) is 5.11 Å². The number of benzene rings is 1. The number of carboxylic acid groups (broad SMARTS) is 1. The van der Waals surface area contributed by atoms with E-state index in [0.29, 0.717) is 0 Å². The highest BCUT2D eigenvalue weighted by molar-refractivity contribution is 6.09. The summed E-state index contributed by atoms with van der Waals surface area (Å²) < 4.78 is 1.98. The van der Waals surface area contributed by atoms with Gasteiger partial charge in [-0.25, -0.2) is 4.79 Å². The Morgan fingerprint density at radius 2 is 2.06 bits per heavy atom. The molecule has 3 aromatic rings. The van der Waals surface area contributed by atoms with Crippen LogP contribution in [0.1, 0.15) is 16.1 Å². The van der Waals surface area contributed by atoms with Gasteiger partial charge in [0, 0.05) is 17.8 Å². The molecule has 0 aliphatic carbocycles. The summed E-state index contributed by atoms with van der Waals surface area (Å²) in [6, 6.07) is 7.88. The zero-order valence-electron chi connectivity index (χ0n) is 9.61. The van der Waals surface area contributed by atoms with Crippen molar-refractivity contribution in [2.24, 2.45) is 7.05 Å². The van der Waals surface area contributed by atoms with Gasteiger partial charge in [-0.2, -0.15) is 0 Å². The van der Waals surface area contributed by atoms with E-state index in [1.807, 2.05) is 18.5 Å². The van der Waals surface area contributed by atoms with E-state index >= 15 is 0 Å². The summed E-state index contributed by atoms with van der Waals surface area (Å²) >= 11 is 0. The second-order valence-corrected chi connectivity index (χ2v) is 4.33. The maximum absolute atomic E-state index is 10.9. The van der Waals surface area contributed by atoms with Crippen LogP contribution < -0.4 is 0 Å². The number of rotatable bonds is 1. The number of carboxylic acids is 1. The summed E-state index contributed by atoms with van der Waals surface area (Å²) in [6.45, 7) is 2.03. The van der Waals surface area contributed by atoms with Crippen molar-refractivity contribution >= 4 is 27.9 Å². The third-order valence-electron chi connectivity index (χ3n) is 3.17. The molecule has 0 saturated heterocycles. The van der Waals surface area contributed by atoms with Crippen LogP contribution in [-0.2, 0) is 7.05 Å². The first-order valence-corrected chi connectivity index (χ1v) is 5.39. The topological polar surface area (TPSA) is 58.0 Å². The average molecular weight is 228 g/mol. The van der Waals surface area contributed by atoms with Gasteiger partial charge in [-0.05, 0) is 25.1 Å². The molecular formula is C13H12N2O2. The van der Waals surface area contributed by atoms with Crippen LogP contribution >= 0.6 is 0 Å². The first kappa shape index (κ1) is 9.96. The minimum atomic E-state index is -0.929. The monoisotopic (exact) mass is 228 g/mol. The van der Waals surface area contributed by atoms with Gasteiger partial charge in [0.2, 0.25) is 0 Å². The molecule has 0 amide bonds. The number of nitrogens with one attached hydrogen (secondary N) is 1. The zero-order chi connectivity index (χ0) is 12.2. The van der Waals surface area contributed by atoms with E-state index in [0.717, 1.165) is 21.9 Å². The minimum absolute atomic E-state index is 0.231. The fraction of sp³-hybridized carbons (Fsp3) is 0.154. The summed E-state index contributed by atoms with van der Waals surface area (Å²) in [5.74, 6) is -0.929. The number of fused-ring (bicyclic) bond motifs is 3. The maximum atomic E-state index is 10.9. The quantitative estimate of drug-likeness (QED) is 0.672. The third kappa shape index (κ3) is 1.27. The van der Waals surface area contributed by atoms with Crippen LogP contribution in [0.2, 0.25) is 0 Å². The molecule has 17 heavy (non-hydrogen) atoms. The van der Waals surface area contributed by atoms with E-state index in [2.05, 4.69) is 23.2 Å². The molecule has 0 spiro atoms. The van der Waals surface area contributed by atoms with Gasteiger partial charge in [0.05, 0.1) is 5.52 Å². The largest absolute Gasteiger partial charge is 0.477 e. The molecule has 4 nitrogen and oxygen atoms in total. The van der Waals surface area contributed by atoms with Gasteiger partial charge < -0.3 is 14.7 Å². The number of carbonyl (C=O) groups is 1. The van der Waals surface area contributed by atoms with Crippen LogP contribution in [0.4, 0.5) is 0 Å². The third-order valence-corrected chi connectivity index (χ3v) is 3.17. The molecule has 0 fully saturated rings. The number of aromatic carboxylic acids is 1. The van der Waals surface area contributed by atoms with Crippen LogP contribution in [0.15, 0.2) is 24.3 Å². The van der Waals surface area contributed by atoms with Crippen molar-refractivity contribution in [1.29, 1.82) is 0 Å². The van der Waals surface area contributed by atoms with Gasteiger partial charge in [0.1, 0.15) is 11.3 Å². The Morgan fingerprint density at radius 1 is 1.29 bits per heavy atom. The number of hydrogen-bond acceptors (Lipinski definition) is 1. The molecule has 0 saturated carbocycles. The lowest BCUT2D eigenvalue weighted by Gasteiger charge is -1.98. The molecule has 2 N–H and O–H groups in total. The van der Waals surface area contributed by atoms with Crippen molar-refractivity contribution in [3.63, 3.8) is 0 Å². The molecule has 2 aromatic heterocycles. The molecule has 1 aromatic carbocycles. The standard InChI is InChI=1S/C13H12N2O2/c1-7-3-4-11-8(5-7)9-6-10(13(16)17)14-12(9)15(11)2/h3-6,14H,1-2H3,(H,16,17). The number of nitrogens with zero attached hydrogens (tertiary/aromatic N) is 1. The van der Waals surface area contributed by atoms with Gasteiger partial charge in [-0.1, -0.05) is 11.6 Å². The molecule has 86 valence electrons. The van der Waals surface area contributed by atoms with Gasteiger partial charge in [0.15, 0.2) is 0 Å². The van der Waals surface area contributed by atoms with Crippen molar-refractivity contribution < 1.29 is 9.90 Å². The summed E-state index contributed by atoms with van der Waals surface area (Å²) in [5, 5.41) is 11.0.